The van der Waals surface area contributed by atoms with Crippen molar-refractivity contribution < 1.29 is 99.7 Å². The number of nitrogens with one attached hydrogen (secondary N) is 1. The smallest absolute Gasteiger partial charge is 0.364 e. The fourth-order valence-corrected chi connectivity index (χ4v) is 5.05. The summed E-state index contributed by atoms with van der Waals surface area (Å²) in [4.78, 5) is 24.4. The largest absolute Gasteiger partial charge is 0.477 e. The minimum atomic E-state index is -3.05. The summed E-state index contributed by atoms with van der Waals surface area (Å²) < 4.78 is 26.6. The van der Waals surface area contributed by atoms with Crippen molar-refractivity contribution in [2.75, 3.05) is 26.4 Å². The van der Waals surface area contributed by atoms with Gasteiger partial charge < -0.3 is 95.4 Å². The van der Waals surface area contributed by atoms with E-state index in [-0.39, 0.29) is 0 Å². The zero-order valence-electron chi connectivity index (χ0n) is 22.9. The van der Waals surface area contributed by atoms with Crippen molar-refractivity contribution >= 4 is 11.9 Å². The van der Waals surface area contributed by atoms with Gasteiger partial charge in [-0.3, -0.25) is 4.79 Å². The number of amides is 1. The summed E-state index contributed by atoms with van der Waals surface area (Å²) in [6, 6.07) is -1.68. The molecular weight excluding hydrogens is 610 g/mol. The molecule has 0 bridgehead atoms. The van der Waals surface area contributed by atoms with Crippen molar-refractivity contribution in [1.29, 1.82) is 0 Å². The Bertz CT molecular complexity index is 961. The van der Waals surface area contributed by atoms with E-state index in [9.17, 15) is 70.9 Å². The van der Waals surface area contributed by atoms with E-state index in [1.165, 1.54) is 0 Å². The SMILES string of the molecule is O=C(CO)N[C@H]1[C@H]([C@H](O)[C@H](O)CO)O[C@@](O[C@H]2[C@@H](O)[C@@H](CO)O[C@@H](OC[C@H]3O[C@H](O)[C@H](O)[C@@H](O)[C@@H]3O)[C@@H]2O)(C(=O)O)C[C@@H]1O. The Labute approximate surface area is 248 Å². The number of hydrogen-bond donors (Lipinski definition) is 14. The van der Waals surface area contributed by atoms with E-state index in [1.54, 1.807) is 0 Å². The molecule has 21 nitrogen and oxygen atoms in total. The van der Waals surface area contributed by atoms with Crippen molar-refractivity contribution in [2.24, 2.45) is 0 Å². The first-order valence-electron chi connectivity index (χ1n) is 13.4. The van der Waals surface area contributed by atoms with Gasteiger partial charge in [0.2, 0.25) is 5.91 Å². The molecular formula is C23H39NO20. The molecule has 0 saturated carbocycles. The van der Waals surface area contributed by atoms with Crippen LogP contribution in [0.3, 0.4) is 0 Å². The standard InChI is InChI=1S/C23H39NO20/c25-2-7(29)12(31)18-11(24-10(30)4-27)6(28)1-23(43-18,22(38)39)44-19-14(33)8(3-26)42-21(17(19)36)40-5-9-13(32)15(34)16(35)20(37)41-9/h6-9,11-21,25-29,31-37H,1-5H2,(H,24,30)(H,38,39)/t6-,7+,8+,9+,11+,12+,13+,14-,15-,16+,17+,18+,19-,20-,21+,23-/m0/s1. The third kappa shape index (κ3) is 7.62. The topological polar surface area (TPSA) is 355 Å². The molecule has 1 amide bonds. The van der Waals surface area contributed by atoms with Crippen LogP contribution in [-0.2, 0) is 33.3 Å². The van der Waals surface area contributed by atoms with Crippen LogP contribution >= 0.6 is 0 Å². The lowest BCUT2D eigenvalue weighted by molar-refractivity contribution is -0.373. The maximum absolute atomic E-state index is 12.5. The molecule has 0 aliphatic carbocycles. The van der Waals surface area contributed by atoms with E-state index in [2.05, 4.69) is 5.32 Å². The van der Waals surface area contributed by atoms with Gasteiger partial charge in [-0.25, -0.2) is 4.79 Å². The van der Waals surface area contributed by atoms with Gasteiger partial charge in [0.05, 0.1) is 32.0 Å². The molecule has 0 aromatic heterocycles. The van der Waals surface area contributed by atoms with Gasteiger partial charge in [0.1, 0.15) is 73.8 Å². The van der Waals surface area contributed by atoms with Crippen molar-refractivity contribution in [1.82, 2.24) is 5.32 Å². The Kier molecular flexibility index (Phi) is 12.7. The van der Waals surface area contributed by atoms with E-state index in [1.807, 2.05) is 0 Å². The fraction of sp³-hybridized carbons (Fsp3) is 0.913. The average molecular weight is 650 g/mol. The second-order valence-electron chi connectivity index (χ2n) is 10.6. The molecule has 3 fully saturated rings. The Morgan fingerprint density at radius 3 is 2.11 bits per heavy atom. The number of aliphatic carboxylic acids is 1. The molecule has 3 rings (SSSR count). The lowest BCUT2D eigenvalue weighted by Gasteiger charge is -2.50. The summed E-state index contributed by atoms with van der Waals surface area (Å²) in [6.45, 7) is -3.88. The Morgan fingerprint density at radius 1 is 0.886 bits per heavy atom. The van der Waals surface area contributed by atoms with Crippen molar-refractivity contribution in [3.63, 3.8) is 0 Å². The zero-order valence-corrected chi connectivity index (χ0v) is 22.9. The summed E-state index contributed by atoms with van der Waals surface area (Å²) in [7, 11) is 0. The Hall–Kier alpha value is -1.74. The fourth-order valence-electron chi connectivity index (χ4n) is 5.05. The van der Waals surface area contributed by atoms with E-state index >= 15 is 0 Å². The van der Waals surface area contributed by atoms with Crippen LogP contribution in [0.4, 0.5) is 0 Å². The van der Waals surface area contributed by atoms with E-state index in [0.29, 0.717) is 0 Å². The molecule has 3 saturated heterocycles. The second-order valence-corrected chi connectivity index (χ2v) is 10.6. The van der Waals surface area contributed by atoms with Crippen LogP contribution in [0.25, 0.3) is 0 Å². The van der Waals surface area contributed by atoms with Crippen LogP contribution in [0.15, 0.2) is 0 Å². The number of hydrogen-bond acceptors (Lipinski definition) is 19. The van der Waals surface area contributed by atoms with Crippen molar-refractivity contribution in [3.8, 4) is 0 Å². The van der Waals surface area contributed by atoms with E-state index < -0.39 is 142 Å². The highest BCUT2D eigenvalue weighted by atomic mass is 16.8. The summed E-state index contributed by atoms with van der Waals surface area (Å²) >= 11 is 0. The Balaban J connectivity index is 1.87. The van der Waals surface area contributed by atoms with Gasteiger partial charge in [0, 0.05) is 6.42 Å². The van der Waals surface area contributed by atoms with E-state index in [0.717, 1.165) is 0 Å². The first-order chi connectivity index (χ1) is 20.6. The maximum atomic E-state index is 12.5. The molecule has 44 heavy (non-hydrogen) atoms. The molecule has 0 aromatic rings. The minimum absolute atomic E-state index is 0.746. The lowest BCUT2D eigenvalue weighted by Crippen LogP contribution is -2.70. The summed E-state index contributed by atoms with van der Waals surface area (Å²) in [5.41, 5.74) is 0. The molecule has 3 aliphatic heterocycles. The lowest BCUT2D eigenvalue weighted by atomic mass is 9.88. The molecule has 16 atom stereocenters. The zero-order chi connectivity index (χ0) is 33.1. The minimum Gasteiger partial charge on any atom is -0.477 e. The van der Waals surface area contributed by atoms with Gasteiger partial charge in [-0.05, 0) is 0 Å². The number of carboxylic acid groups (broad SMARTS) is 1. The van der Waals surface area contributed by atoms with Crippen LogP contribution < -0.4 is 5.32 Å². The van der Waals surface area contributed by atoms with E-state index in [4.69, 9.17) is 28.8 Å². The van der Waals surface area contributed by atoms with Crippen molar-refractivity contribution in [3.05, 3.63) is 0 Å². The van der Waals surface area contributed by atoms with Crippen LogP contribution in [-0.4, -0.2) is 202 Å². The van der Waals surface area contributed by atoms with Gasteiger partial charge in [0.15, 0.2) is 12.6 Å². The normalized spacial score (nSPS) is 44.5. The molecule has 3 aliphatic rings. The number of carbonyl (C=O) groups excluding carboxylic acids is 1. The van der Waals surface area contributed by atoms with Crippen molar-refractivity contribution in [2.45, 2.75) is 104 Å². The van der Waals surface area contributed by atoms with Crippen LogP contribution in [0, 0.1) is 0 Å². The number of aliphatic hydroxyl groups is 12. The van der Waals surface area contributed by atoms with Crippen LogP contribution in [0.2, 0.25) is 0 Å². The number of ether oxygens (including phenoxy) is 5. The number of carbonyl (C=O) groups is 2. The molecule has 3 heterocycles. The first kappa shape index (κ1) is 36.7. The third-order valence-corrected chi connectivity index (χ3v) is 7.55. The molecule has 0 aromatic carbocycles. The second kappa shape index (κ2) is 15.2. The predicted molar refractivity (Wildman–Crippen MR) is 131 cm³/mol. The molecule has 14 N–H and O–H groups in total. The monoisotopic (exact) mass is 649 g/mol. The predicted octanol–water partition coefficient (Wildman–Crippen LogP) is -9.25. The van der Waals surface area contributed by atoms with Gasteiger partial charge >= 0.3 is 5.97 Å². The molecule has 0 radical (unpaired) electrons. The molecule has 0 unspecified atom stereocenters. The highest BCUT2D eigenvalue weighted by molar-refractivity contribution is 5.78. The molecule has 0 spiro atoms. The van der Waals surface area contributed by atoms with Gasteiger partial charge in [-0.2, -0.15) is 0 Å². The quantitative estimate of drug-likeness (QED) is 0.0932. The summed E-state index contributed by atoms with van der Waals surface area (Å²) in [5.74, 6) is -6.15. The number of rotatable bonds is 12. The van der Waals surface area contributed by atoms with Crippen LogP contribution in [0.5, 0.6) is 0 Å². The van der Waals surface area contributed by atoms with Crippen LogP contribution in [0.1, 0.15) is 6.42 Å². The number of carboxylic acids is 1. The Morgan fingerprint density at radius 2 is 1.55 bits per heavy atom. The van der Waals surface area contributed by atoms with Gasteiger partial charge in [-0.15, -0.1) is 0 Å². The highest BCUT2D eigenvalue weighted by Crippen LogP contribution is 2.37. The number of aliphatic hydroxyl groups excluding tert-OH is 12. The first-order valence-corrected chi connectivity index (χ1v) is 13.4. The highest BCUT2D eigenvalue weighted by Gasteiger charge is 2.59. The third-order valence-electron chi connectivity index (χ3n) is 7.55. The molecule has 21 heteroatoms. The van der Waals surface area contributed by atoms with Gasteiger partial charge in [0.25, 0.3) is 5.79 Å². The average Bonchev–Trinajstić information content (AvgIpc) is 3.00. The maximum Gasteiger partial charge on any atom is 0.364 e. The summed E-state index contributed by atoms with van der Waals surface area (Å²) in [6.07, 6.45) is -27.9. The summed E-state index contributed by atoms with van der Waals surface area (Å²) in [5, 5.41) is 133. The van der Waals surface area contributed by atoms with Gasteiger partial charge in [-0.1, -0.05) is 0 Å². The molecule has 256 valence electrons.